The zero-order chi connectivity index (χ0) is 17.2. The van der Waals surface area contributed by atoms with Crippen LogP contribution in [0, 0.1) is 11.7 Å². The maximum Gasteiger partial charge on any atom is 0.231 e. The molecular formula is C18H16FN3O2S. The van der Waals surface area contributed by atoms with E-state index < -0.39 is 0 Å². The number of aromatic nitrogens is 2. The Morgan fingerprint density at radius 2 is 2.04 bits per heavy atom. The molecule has 0 radical (unpaired) electrons. The number of benzene rings is 1. The van der Waals surface area contributed by atoms with Gasteiger partial charge in [-0.25, -0.2) is 4.39 Å². The summed E-state index contributed by atoms with van der Waals surface area (Å²) in [6.07, 6.45) is 2.46. The monoisotopic (exact) mass is 357 g/mol. The smallest absolute Gasteiger partial charge is 0.231 e. The van der Waals surface area contributed by atoms with Crippen molar-refractivity contribution < 1.29 is 13.7 Å². The van der Waals surface area contributed by atoms with Gasteiger partial charge in [0, 0.05) is 10.8 Å². The van der Waals surface area contributed by atoms with Gasteiger partial charge in [-0.1, -0.05) is 17.3 Å². The topological polar surface area (TPSA) is 68.0 Å². The number of nitrogens with zero attached hydrogens (tertiary/aromatic N) is 2. The van der Waals surface area contributed by atoms with E-state index in [4.69, 9.17) is 4.52 Å². The summed E-state index contributed by atoms with van der Waals surface area (Å²) in [5.74, 6) is 1.09. The number of nitrogens with one attached hydrogen (secondary N) is 1. The van der Waals surface area contributed by atoms with E-state index in [2.05, 4.69) is 15.5 Å². The summed E-state index contributed by atoms with van der Waals surface area (Å²) in [6, 6.07) is 10.1. The minimum atomic E-state index is -0.269. The predicted octanol–water partition coefficient (Wildman–Crippen LogP) is 3.55. The Labute approximate surface area is 147 Å². The van der Waals surface area contributed by atoms with Crippen LogP contribution in [0.25, 0.3) is 10.7 Å². The average Bonchev–Trinajstić information content (AvgIpc) is 3.18. The highest BCUT2D eigenvalue weighted by Crippen LogP contribution is 2.30. The van der Waals surface area contributed by atoms with Gasteiger partial charge in [-0.15, -0.1) is 11.3 Å². The number of halogens is 1. The fraction of sp³-hybridized carbons (Fsp3) is 0.278. The zero-order valence-electron chi connectivity index (χ0n) is 13.4. The molecule has 1 aromatic carbocycles. The van der Waals surface area contributed by atoms with Crippen molar-refractivity contribution in [3.05, 3.63) is 58.5 Å². The molecule has 1 saturated carbocycles. The van der Waals surface area contributed by atoms with Crippen molar-refractivity contribution >= 4 is 17.2 Å². The van der Waals surface area contributed by atoms with Crippen molar-refractivity contribution in [1.82, 2.24) is 15.5 Å². The van der Waals surface area contributed by atoms with E-state index in [0.29, 0.717) is 24.7 Å². The molecule has 2 aromatic heterocycles. The van der Waals surface area contributed by atoms with Crippen molar-refractivity contribution in [2.24, 2.45) is 5.92 Å². The lowest BCUT2D eigenvalue weighted by atomic mass is 10.1. The van der Waals surface area contributed by atoms with E-state index in [9.17, 15) is 9.18 Å². The lowest BCUT2D eigenvalue weighted by Crippen LogP contribution is -2.23. The molecule has 1 aliphatic rings. The van der Waals surface area contributed by atoms with E-state index in [0.717, 1.165) is 28.2 Å². The Hall–Kier alpha value is -2.54. The van der Waals surface area contributed by atoms with E-state index >= 15 is 0 Å². The molecule has 7 heteroatoms. The molecule has 128 valence electrons. The number of amides is 1. The Morgan fingerprint density at radius 1 is 1.24 bits per heavy atom. The molecular weight excluding hydrogens is 341 g/mol. The third kappa shape index (κ3) is 3.93. The van der Waals surface area contributed by atoms with Gasteiger partial charge in [0.2, 0.25) is 17.6 Å². The Morgan fingerprint density at radius 3 is 2.80 bits per heavy atom. The minimum absolute atomic E-state index is 0.135. The van der Waals surface area contributed by atoms with E-state index in [-0.39, 0.29) is 17.6 Å². The minimum Gasteiger partial charge on any atom is -0.351 e. The second-order valence-corrected chi connectivity index (χ2v) is 7.24. The van der Waals surface area contributed by atoms with Gasteiger partial charge in [0.25, 0.3) is 0 Å². The van der Waals surface area contributed by atoms with Gasteiger partial charge < -0.3 is 9.84 Å². The zero-order valence-corrected chi connectivity index (χ0v) is 14.2. The van der Waals surface area contributed by atoms with Gasteiger partial charge in [0.15, 0.2) is 0 Å². The van der Waals surface area contributed by atoms with Gasteiger partial charge in [0.05, 0.1) is 17.8 Å². The molecule has 0 atom stereocenters. The molecule has 0 aliphatic heterocycles. The third-order valence-corrected chi connectivity index (χ3v) is 5.08. The van der Waals surface area contributed by atoms with Crippen LogP contribution < -0.4 is 5.32 Å². The maximum atomic E-state index is 12.9. The lowest BCUT2D eigenvalue weighted by Gasteiger charge is -2.00. The standard InChI is InChI=1S/C18H16FN3O2S/c19-13-5-1-11(2-6-13)9-16-21-17(22-24-16)15-8-7-14(25-15)10-20-18(23)12-3-4-12/h1-2,5-8,12H,3-4,9-10H2,(H,20,23). The van der Waals surface area contributed by atoms with Crippen LogP contribution in [0.15, 0.2) is 40.9 Å². The largest absolute Gasteiger partial charge is 0.351 e. The molecule has 0 spiro atoms. The molecule has 1 N–H and O–H groups in total. The fourth-order valence-electron chi connectivity index (χ4n) is 2.46. The number of carbonyl (C=O) groups excluding carboxylic acids is 1. The second kappa shape index (κ2) is 6.76. The number of rotatable bonds is 6. The molecule has 1 aliphatic carbocycles. The van der Waals surface area contributed by atoms with Crippen LogP contribution in [0.1, 0.15) is 29.2 Å². The summed E-state index contributed by atoms with van der Waals surface area (Å²) < 4.78 is 18.2. The number of hydrogen-bond donors (Lipinski definition) is 1. The van der Waals surface area contributed by atoms with Crippen LogP contribution in [0.2, 0.25) is 0 Å². The van der Waals surface area contributed by atoms with Gasteiger partial charge >= 0.3 is 0 Å². The Balaban J connectivity index is 1.39. The van der Waals surface area contributed by atoms with Gasteiger partial charge in [0.1, 0.15) is 5.82 Å². The molecule has 25 heavy (non-hydrogen) atoms. The quantitative estimate of drug-likeness (QED) is 0.732. The molecule has 5 nitrogen and oxygen atoms in total. The lowest BCUT2D eigenvalue weighted by molar-refractivity contribution is -0.122. The van der Waals surface area contributed by atoms with Crippen LogP contribution in [0.3, 0.4) is 0 Å². The summed E-state index contributed by atoms with van der Waals surface area (Å²) in [6.45, 7) is 0.528. The number of hydrogen-bond acceptors (Lipinski definition) is 5. The molecule has 2 heterocycles. The van der Waals surface area contributed by atoms with Crippen molar-refractivity contribution in [3.8, 4) is 10.7 Å². The van der Waals surface area contributed by atoms with Crippen molar-refractivity contribution in [2.45, 2.75) is 25.8 Å². The predicted molar refractivity (Wildman–Crippen MR) is 91.4 cm³/mol. The summed E-state index contributed by atoms with van der Waals surface area (Å²) in [7, 11) is 0. The molecule has 0 bridgehead atoms. The first kappa shape index (κ1) is 16.0. The number of carbonyl (C=O) groups is 1. The van der Waals surface area contributed by atoms with Crippen LogP contribution in [-0.2, 0) is 17.8 Å². The van der Waals surface area contributed by atoms with Crippen molar-refractivity contribution in [2.75, 3.05) is 0 Å². The molecule has 4 rings (SSSR count). The van der Waals surface area contributed by atoms with Crippen LogP contribution >= 0.6 is 11.3 Å². The summed E-state index contributed by atoms with van der Waals surface area (Å²) in [5.41, 5.74) is 0.909. The van der Waals surface area contributed by atoms with E-state index in [1.54, 1.807) is 12.1 Å². The number of thiophene rings is 1. The first-order chi connectivity index (χ1) is 12.2. The highest BCUT2D eigenvalue weighted by atomic mass is 32.1. The highest BCUT2D eigenvalue weighted by molar-refractivity contribution is 7.15. The SMILES string of the molecule is O=C(NCc1ccc(-c2noc(Cc3ccc(F)cc3)n2)s1)C1CC1. The van der Waals surface area contributed by atoms with Crippen molar-refractivity contribution in [3.63, 3.8) is 0 Å². The maximum absolute atomic E-state index is 12.9. The normalized spacial score (nSPS) is 13.8. The van der Waals surface area contributed by atoms with Gasteiger partial charge in [-0.3, -0.25) is 4.79 Å². The summed E-state index contributed by atoms with van der Waals surface area (Å²) in [4.78, 5) is 18.0. The first-order valence-electron chi connectivity index (χ1n) is 8.11. The Kier molecular flexibility index (Phi) is 4.31. The van der Waals surface area contributed by atoms with Gasteiger partial charge in [-0.05, 0) is 42.7 Å². The molecule has 0 unspecified atom stereocenters. The van der Waals surface area contributed by atoms with Crippen LogP contribution in [-0.4, -0.2) is 16.0 Å². The highest BCUT2D eigenvalue weighted by Gasteiger charge is 2.29. The van der Waals surface area contributed by atoms with E-state index in [1.807, 2.05) is 12.1 Å². The summed E-state index contributed by atoms with van der Waals surface area (Å²) >= 11 is 1.53. The van der Waals surface area contributed by atoms with Crippen molar-refractivity contribution in [1.29, 1.82) is 0 Å². The van der Waals surface area contributed by atoms with Gasteiger partial charge in [-0.2, -0.15) is 4.98 Å². The fourth-order valence-corrected chi connectivity index (χ4v) is 3.33. The Bertz CT molecular complexity index is 884. The van der Waals surface area contributed by atoms with Crippen LogP contribution in [0.5, 0.6) is 0 Å². The second-order valence-electron chi connectivity index (χ2n) is 6.07. The molecule has 1 fully saturated rings. The molecule has 1 amide bonds. The van der Waals surface area contributed by atoms with Crippen LogP contribution in [0.4, 0.5) is 4.39 Å². The third-order valence-electron chi connectivity index (χ3n) is 4.00. The first-order valence-corrected chi connectivity index (χ1v) is 8.93. The molecule has 3 aromatic rings. The summed E-state index contributed by atoms with van der Waals surface area (Å²) in [5, 5.41) is 6.95. The average molecular weight is 357 g/mol. The molecule has 0 saturated heterocycles. The van der Waals surface area contributed by atoms with E-state index in [1.165, 1.54) is 23.5 Å².